The van der Waals surface area contributed by atoms with Crippen molar-refractivity contribution in [2.45, 2.75) is 10.8 Å². The van der Waals surface area contributed by atoms with Crippen LogP contribution in [0.25, 0.3) is 44.5 Å². The first kappa shape index (κ1) is 40.5. The molecule has 0 saturated heterocycles. The molecular formula is C68H47N. The fourth-order valence-corrected chi connectivity index (χ4v) is 11.9. The summed E-state index contributed by atoms with van der Waals surface area (Å²) < 4.78 is 0. The Balaban J connectivity index is 0.973. The van der Waals surface area contributed by atoms with Gasteiger partial charge in [0.05, 0.1) is 10.8 Å². The van der Waals surface area contributed by atoms with Crippen LogP contribution in [-0.4, -0.2) is 0 Å². The van der Waals surface area contributed by atoms with Crippen LogP contribution >= 0.6 is 0 Å². The summed E-state index contributed by atoms with van der Waals surface area (Å²) in [6.45, 7) is 0. The van der Waals surface area contributed by atoms with Crippen molar-refractivity contribution in [3.63, 3.8) is 0 Å². The molecule has 0 saturated carbocycles. The zero-order valence-electron chi connectivity index (χ0n) is 38.1. The average molecular weight is 878 g/mol. The lowest BCUT2D eigenvalue weighted by Gasteiger charge is -2.50. The maximum Gasteiger partial charge on any atom is 0.0720 e. The van der Waals surface area contributed by atoms with Crippen LogP contribution in [0.4, 0.5) is 17.1 Å². The molecule has 1 heteroatoms. The topological polar surface area (TPSA) is 3.24 Å². The second kappa shape index (κ2) is 16.5. The van der Waals surface area contributed by atoms with Crippen molar-refractivity contribution in [3.05, 3.63) is 330 Å². The summed E-state index contributed by atoms with van der Waals surface area (Å²) in [6.07, 6.45) is 0. The maximum atomic E-state index is 2.50. The van der Waals surface area contributed by atoms with E-state index in [1.54, 1.807) is 0 Å². The van der Waals surface area contributed by atoms with Crippen molar-refractivity contribution in [3.8, 4) is 44.5 Å². The third-order valence-corrected chi connectivity index (χ3v) is 14.8. The van der Waals surface area contributed by atoms with Crippen molar-refractivity contribution in [2.24, 2.45) is 0 Å². The summed E-state index contributed by atoms with van der Waals surface area (Å²) in [5, 5.41) is 0. The summed E-state index contributed by atoms with van der Waals surface area (Å²) in [5.74, 6) is 0. The second-order valence-corrected chi connectivity index (χ2v) is 18.3. The molecule has 1 spiro atoms. The molecule has 0 unspecified atom stereocenters. The Kier molecular flexibility index (Phi) is 9.70. The van der Waals surface area contributed by atoms with Crippen LogP contribution in [0, 0.1) is 0 Å². The van der Waals surface area contributed by atoms with Gasteiger partial charge in [0, 0.05) is 17.1 Å². The fraction of sp³-hybridized carbons (Fsp3) is 0.0294. The highest BCUT2D eigenvalue weighted by atomic mass is 15.1. The lowest BCUT2D eigenvalue weighted by Crippen LogP contribution is -2.44. The first-order valence-corrected chi connectivity index (χ1v) is 24.0. The molecule has 0 bridgehead atoms. The quantitative estimate of drug-likeness (QED) is 0.147. The highest BCUT2D eigenvalue weighted by molar-refractivity contribution is 5.92. The third-order valence-electron chi connectivity index (χ3n) is 14.8. The average Bonchev–Trinajstić information content (AvgIpc) is 3.73. The molecule has 0 aliphatic heterocycles. The summed E-state index contributed by atoms with van der Waals surface area (Å²) in [4.78, 5) is 2.38. The zero-order valence-corrected chi connectivity index (χ0v) is 38.1. The number of rotatable bonds is 8. The largest absolute Gasteiger partial charge is 0.310 e. The molecule has 0 N–H and O–H groups in total. The number of fused-ring (bicyclic) bond motifs is 9. The Morgan fingerprint density at radius 3 is 1.10 bits per heavy atom. The van der Waals surface area contributed by atoms with Gasteiger partial charge in [-0.1, -0.05) is 243 Å². The van der Waals surface area contributed by atoms with Crippen LogP contribution in [0.3, 0.4) is 0 Å². The summed E-state index contributed by atoms with van der Waals surface area (Å²) >= 11 is 0. The number of benzene rings is 11. The second-order valence-electron chi connectivity index (χ2n) is 18.3. The van der Waals surface area contributed by atoms with E-state index in [9.17, 15) is 0 Å². The van der Waals surface area contributed by atoms with Gasteiger partial charge in [0.15, 0.2) is 0 Å². The molecule has 0 radical (unpaired) electrons. The highest BCUT2D eigenvalue weighted by Crippen LogP contribution is 2.64. The molecule has 324 valence electrons. The van der Waals surface area contributed by atoms with Crippen molar-refractivity contribution >= 4 is 17.1 Å². The molecule has 0 fully saturated rings. The van der Waals surface area contributed by atoms with Crippen molar-refractivity contribution in [2.75, 3.05) is 4.90 Å². The fourth-order valence-electron chi connectivity index (χ4n) is 11.9. The Bertz CT molecular complexity index is 3540. The van der Waals surface area contributed by atoms with Gasteiger partial charge in [-0.25, -0.2) is 0 Å². The number of nitrogens with zero attached hydrogens (tertiary/aromatic N) is 1. The van der Waals surface area contributed by atoms with Crippen molar-refractivity contribution in [1.29, 1.82) is 0 Å². The molecule has 0 atom stereocenters. The summed E-state index contributed by atoms with van der Waals surface area (Å²) in [7, 11) is 0. The highest BCUT2D eigenvalue weighted by Gasteiger charge is 2.56. The number of anilines is 3. The van der Waals surface area contributed by atoms with E-state index in [0.29, 0.717) is 0 Å². The van der Waals surface area contributed by atoms with Gasteiger partial charge in [0.1, 0.15) is 0 Å². The van der Waals surface area contributed by atoms with Crippen LogP contribution < -0.4 is 4.90 Å². The van der Waals surface area contributed by atoms with E-state index < -0.39 is 10.8 Å². The monoisotopic (exact) mass is 877 g/mol. The van der Waals surface area contributed by atoms with Crippen LogP contribution in [0.2, 0.25) is 0 Å². The standard InChI is InChI=1S/C68H47N/c1-5-20-48(21-6-1)50-36-41-56(42-37-50)69(58-29-19-24-52(46-58)49-22-7-2-8-23-49)57-43-38-51(39-44-57)53-40-45-60-59-30-13-14-31-61(59)68(66(60)47-53)64-34-17-15-32-62(64)67(54-25-9-3-10-26-54,55-27-11-4-12-28-55)63-33-16-18-35-65(63)68/h1-47H. The summed E-state index contributed by atoms with van der Waals surface area (Å²) in [5.41, 5.74) is 22.3. The first-order chi connectivity index (χ1) is 34.2. The van der Waals surface area contributed by atoms with Crippen LogP contribution in [0.15, 0.2) is 285 Å². The van der Waals surface area contributed by atoms with E-state index >= 15 is 0 Å². The molecule has 11 aromatic rings. The van der Waals surface area contributed by atoms with Gasteiger partial charge in [0.25, 0.3) is 0 Å². The Labute approximate surface area is 404 Å². The van der Waals surface area contributed by atoms with Gasteiger partial charge >= 0.3 is 0 Å². The van der Waals surface area contributed by atoms with Crippen LogP contribution in [-0.2, 0) is 10.8 Å². The Morgan fingerprint density at radius 2 is 0.565 bits per heavy atom. The van der Waals surface area contributed by atoms with E-state index in [1.807, 2.05) is 0 Å². The van der Waals surface area contributed by atoms with Gasteiger partial charge in [-0.3, -0.25) is 0 Å². The molecule has 2 aliphatic carbocycles. The maximum absolute atomic E-state index is 2.50. The van der Waals surface area contributed by atoms with Gasteiger partial charge in [-0.15, -0.1) is 0 Å². The Hall–Kier alpha value is -8.78. The molecule has 13 rings (SSSR count). The minimum Gasteiger partial charge on any atom is -0.310 e. The first-order valence-electron chi connectivity index (χ1n) is 24.0. The molecular weight excluding hydrogens is 831 g/mol. The summed E-state index contributed by atoms with van der Waals surface area (Å²) in [6, 6.07) is 105. The molecule has 0 aromatic heterocycles. The van der Waals surface area contributed by atoms with Crippen molar-refractivity contribution < 1.29 is 0 Å². The molecule has 2 aliphatic rings. The van der Waals surface area contributed by atoms with Crippen LogP contribution in [0.1, 0.15) is 44.5 Å². The van der Waals surface area contributed by atoms with Gasteiger partial charge in [-0.2, -0.15) is 0 Å². The lowest BCUT2D eigenvalue weighted by atomic mass is 9.51. The van der Waals surface area contributed by atoms with Crippen LogP contribution in [0.5, 0.6) is 0 Å². The van der Waals surface area contributed by atoms with Gasteiger partial charge in [-0.05, 0) is 131 Å². The minimum atomic E-state index is -0.561. The minimum absolute atomic E-state index is 0.541. The Morgan fingerprint density at radius 1 is 0.203 bits per heavy atom. The van der Waals surface area contributed by atoms with E-state index in [-0.39, 0.29) is 0 Å². The van der Waals surface area contributed by atoms with Gasteiger partial charge < -0.3 is 4.90 Å². The zero-order chi connectivity index (χ0) is 45.8. The van der Waals surface area contributed by atoms with E-state index in [1.165, 1.54) is 89.0 Å². The number of hydrogen-bond donors (Lipinski definition) is 0. The van der Waals surface area contributed by atoms with Gasteiger partial charge in [0.2, 0.25) is 0 Å². The molecule has 1 nitrogen and oxygen atoms in total. The number of hydrogen-bond acceptors (Lipinski definition) is 1. The molecule has 0 heterocycles. The molecule has 11 aromatic carbocycles. The van der Waals surface area contributed by atoms with E-state index in [2.05, 4.69) is 290 Å². The lowest BCUT2D eigenvalue weighted by molar-refractivity contribution is 0.624. The third kappa shape index (κ3) is 6.32. The van der Waals surface area contributed by atoms with E-state index in [0.717, 1.165) is 17.1 Å². The molecule has 69 heavy (non-hydrogen) atoms. The van der Waals surface area contributed by atoms with Crippen molar-refractivity contribution in [1.82, 2.24) is 0 Å². The van der Waals surface area contributed by atoms with E-state index in [4.69, 9.17) is 0 Å². The predicted octanol–water partition coefficient (Wildman–Crippen LogP) is 17.2. The predicted molar refractivity (Wildman–Crippen MR) is 287 cm³/mol. The normalized spacial score (nSPS) is 13.4. The smallest absolute Gasteiger partial charge is 0.0720 e. The molecule has 0 amide bonds. The SMILES string of the molecule is c1ccc(-c2ccc(N(c3ccc(-c4ccc5c(c4)C4(c6ccccc6-5)c5ccccc5C(c5ccccc5)(c5ccccc5)c5ccccc54)cc3)c3cccc(-c4ccccc4)c3)cc2)cc1.